The van der Waals surface area contributed by atoms with Gasteiger partial charge in [0.25, 0.3) is 0 Å². The van der Waals surface area contributed by atoms with Crippen molar-refractivity contribution in [3.05, 3.63) is 0 Å². The van der Waals surface area contributed by atoms with Crippen LogP contribution >= 0.6 is 0 Å². The second-order valence-electron chi connectivity index (χ2n) is 4.84. The highest BCUT2D eigenvalue weighted by Gasteiger charge is 2.35. The first-order chi connectivity index (χ1) is 6.68. The largest absolute Gasteiger partial charge is 0.103 e. The third-order valence-electron chi connectivity index (χ3n) is 4.30. The van der Waals surface area contributed by atoms with Crippen LogP contribution in [0.15, 0.2) is 0 Å². The Hall–Kier alpha value is -0.440. The van der Waals surface area contributed by atoms with Crippen LogP contribution in [0.1, 0.15) is 59.8 Å². The average Bonchev–Trinajstić information content (AvgIpc) is 2.72. The second kappa shape index (κ2) is 4.87. The van der Waals surface area contributed by atoms with Gasteiger partial charge in [-0.05, 0) is 17.8 Å². The van der Waals surface area contributed by atoms with Gasteiger partial charge in [0.1, 0.15) is 0 Å². The Balaban J connectivity index is 2.74. The van der Waals surface area contributed by atoms with Crippen molar-refractivity contribution in [3.63, 3.8) is 0 Å². The summed E-state index contributed by atoms with van der Waals surface area (Å²) >= 11 is 0. The van der Waals surface area contributed by atoms with Crippen LogP contribution in [0.5, 0.6) is 0 Å². The minimum atomic E-state index is 0.512. The normalized spacial score (nSPS) is 23.0. The predicted molar refractivity (Wildman–Crippen MR) is 63.0 cm³/mol. The molecule has 1 rings (SSSR count). The van der Waals surface area contributed by atoms with Gasteiger partial charge in [0.2, 0.25) is 0 Å². The van der Waals surface area contributed by atoms with E-state index in [4.69, 9.17) is 0 Å². The van der Waals surface area contributed by atoms with E-state index in [1.165, 1.54) is 25.7 Å². The Morgan fingerprint density at radius 3 is 2.29 bits per heavy atom. The molecule has 1 aliphatic rings. The summed E-state index contributed by atoms with van der Waals surface area (Å²) in [4.78, 5) is 0. The molecule has 0 aromatic heterocycles. The van der Waals surface area contributed by atoms with Gasteiger partial charge in [0.05, 0.1) is 0 Å². The molecule has 0 fully saturated rings. The van der Waals surface area contributed by atoms with Gasteiger partial charge in [0, 0.05) is 12.3 Å². The first-order valence-corrected chi connectivity index (χ1v) is 6.16. The highest BCUT2D eigenvalue weighted by atomic mass is 14.4. The van der Waals surface area contributed by atoms with Crippen LogP contribution in [-0.4, -0.2) is 0 Å². The van der Waals surface area contributed by atoms with Crippen molar-refractivity contribution in [1.29, 1.82) is 0 Å². The van der Waals surface area contributed by atoms with Crippen molar-refractivity contribution in [2.45, 2.75) is 59.8 Å². The summed E-state index contributed by atoms with van der Waals surface area (Å²) in [5.74, 6) is 8.19. The molecule has 2 atom stereocenters. The Labute approximate surface area is 89.5 Å². The molecule has 0 N–H and O–H groups in total. The molecule has 0 aromatic carbocycles. The zero-order valence-electron chi connectivity index (χ0n) is 10.2. The fourth-order valence-corrected chi connectivity index (χ4v) is 2.84. The smallest absolute Gasteiger partial charge is 0.0245 e. The van der Waals surface area contributed by atoms with E-state index in [1.54, 1.807) is 0 Å². The van der Waals surface area contributed by atoms with Crippen LogP contribution in [0.2, 0.25) is 0 Å². The summed E-state index contributed by atoms with van der Waals surface area (Å²) in [5, 5.41) is 0. The summed E-state index contributed by atoms with van der Waals surface area (Å²) in [7, 11) is 0. The maximum atomic E-state index is 3.43. The molecule has 0 radical (unpaired) electrons. The molecule has 14 heavy (non-hydrogen) atoms. The lowest BCUT2D eigenvalue weighted by molar-refractivity contribution is 0.124. The molecule has 0 heteroatoms. The van der Waals surface area contributed by atoms with Crippen molar-refractivity contribution < 1.29 is 0 Å². The monoisotopic (exact) mass is 192 g/mol. The van der Waals surface area contributed by atoms with Crippen molar-refractivity contribution >= 4 is 0 Å². The van der Waals surface area contributed by atoms with E-state index in [0.29, 0.717) is 11.3 Å². The molecule has 0 bridgehead atoms. The third kappa shape index (κ3) is 2.14. The molecule has 0 saturated heterocycles. The van der Waals surface area contributed by atoms with Crippen LogP contribution in [0, 0.1) is 29.1 Å². The molecule has 80 valence electrons. The summed E-state index contributed by atoms with van der Waals surface area (Å²) in [6.45, 7) is 9.43. The van der Waals surface area contributed by atoms with Gasteiger partial charge < -0.3 is 0 Å². The first kappa shape index (κ1) is 11.6. The zero-order valence-corrected chi connectivity index (χ0v) is 10.2. The predicted octanol–water partition coefficient (Wildman–Crippen LogP) is 4.25. The van der Waals surface area contributed by atoms with Crippen LogP contribution < -0.4 is 0 Å². The van der Waals surface area contributed by atoms with Gasteiger partial charge in [-0.3, -0.25) is 0 Å². The average molecular weight is 192 g/mol. The Bertz CT molecular complexity index is 224. The van der Waals surface area contributed by atoms with Crippen molar-refractivity contribution in [2.24, 2.45) is 17.3 Å². The Morgan fingerprint density at radius 2 is 1.93 bits per heavy atom. The summed E-state index contributed by atoms with van der Waals surface area (Å²) in [6.07, 6.45) is 6.29. The topological polar surface area (TPSA) is 0 Å². The van der Waals surface area contributed by atoms with E-state index in [1.807, 2.05) is 0 Å². The number of hydrogen-bond donors (Lipinski definition) is 0. The van der Waals surface area contributed by atoms with E-state index in [-0.39, 0.29) is 0 Å². The summed E-state index contributed by atoms with van der Waals surface area (Å²) in [6, 6.07) is 0. The van der Waals surface area contributed by atoms with E-state index in [9.17, 15) is 0 Å². The van der Waals surface area contributed by atoms with E-state index < -0.39 is 0 Å². The van der Waals surface area contributed by atoms with Gasteiger partial charge in [-0.1, -0.05) is 52.9 Å². The SMILES string of the molecule is CCC([C@H]1C#CCC1)C(C)(CC)CC. The molecule has 0 heterocycles. The first-order valence-electron chi connectivity index (χ1n) is 6.16. The number of rotatable bonds is 5. The fraction of sp³-hybridized carbons (Fsp3) is 0.857. The molecule has 0 amide bonds. The highest BCUT2D eigenvalue weighted by molar-refractivity contribution is 5.13. The van der Waals surface area contributed by atoms with Gasteiger partial charge in [-0.25, -0.2) is 0 Å². The molecule has 0 nitrogen and oxygen atoms in total. The lowest BCUT2D eigenvalue weighted by Crippen LogP contribution is -2.30. The molecule has 1 unspecified atom stereocenters. The second-order valence-corrected chi connectivity index (χ2v) is 4.84. The van der Waals surface area contributed by atoms with Gasteiger partial charge >= 0.3 is 0 Å². The molecule has 0 saturated carbocycles. The molecule has 0 aliphatic heterocycles. The van der Waals surface area contributed by atoms with Crippen LogP contribution in [0.25, 0.3) is 0 Å². The lowest BCUT2D eigenvalue weighted by atomic mass is 9.66. The maximum absolute atomic E-state index is 3.43. The van der Waals surface area contributed by atoms with Gasteiger partial charge in [-0.15, -0.1) is 5.92 Å². The molecular formula is C14H24. The summed E-state index contributed by atoms with van der Waals surface area (Å²) < 4.78 is 0. The lowest BCUT2D eigenvalue weighted by Gasteiger charge is -2.38. The van der Waals surface area contributed by atoms with Crippen molar-refractivity contribution in [2.75, 3.05) is 0 Å². The molecular weight excluding hydrogens is 168 g/mol. The number of hydrogen-bond acceptors (Lipinski definition) is 0. The standard InChI is InChI=1S/C14H24/c1-5-13(12-10-8-9-11-12)14(4,6-2)7-3/h12-13H,5-8,10H2,1-4H3/t12-,13?/m1/s1. The van der Waals surface area contributed by atoms with Crippen LogP contribution in [-0.2, 0) is 0 Å². The van der Waals surface area contributed by atoms with E-state index >= 15 is 0 Å². The van der Waals surface area contributed by atoms with Crippen molar-refractivity contribution in [1.82, 2.24) is 0 Å². The van der Waals surface area contributed by atoms with E-state index in [0.717, 1.165) is 12.3 Å². The molecule has 0 spiro atoms. The molecule has 1 aliphatic carbocycles. The van der Waals surface area contributed by atoms with Gasteiger partial charge in [-0.2, -0.15) is 0 Å². The Kier molecular flexibility index (Phi) is 4.05. The highest BCUT2D eigenvalue weighted by Crippen LogP contribution is 2.43. The quantitative estimate of drug-likeness (QED) is 0.571. The Morgan fingerprint density at radius 1 is 1.29 bits per heavy atom. The van der Waals surface area contributed by atoms with Crippen LogP contribution in [0.3, 0.4) is 0 Å². The maximum Gasteiger partial charge on any atom is 0.0245 e. The van der Waals surface area contributed by atoms with Gasteiger partial charge in [0.15, 0.2) is 0 Å². The molecule has 0 aromatic rings. The summed E-state index contributed by atoms with van der Waals surface area (Å²) in [5.41, 5.74) is 0.512. The van der Waals surface area contributed by atoms with Crippen molar-refractivity contribution in [3.8, 4) is 11.8 Å². The van der Waals surface area contributed by atoms with Crippen LogP contribution in [0.4, 0.5) is 0 Å². The fourth-order valence-electron chi connectivity index (χ4n) is 2.84. The minimum Gasteiger partial charge on any atom is -0.103 e. The minimum absolute atomic E-state index is 0.512. The zero-order chi connectivity index (χ0) is 10.6. The van der Waals surface area contributed by atoms with E-state index in [2.05, 4.69) is 39.5 Å². The third-order valence-corrected chi connectivity index (χ3v) is 4.30.